The molecular formula is C24H38IN5S. The minimum atomic E-state index is 0. The number of thiazole rings is 1. The maximum Gasteiger partial charge on any atom is 0.191 e. The van der Waals surface area contributed by atoms with E-state index in [0.717, 1.165) is 44.9 Å². The van der Waals surface area contributed by atoms with E-state index >= 15 is 0 Å². The van der Waals surface area contributed by atoms with Gasteiger partial charge in [0.05, 0.1) is 10.7 Å². The van der Waals surface area contributed by atoms with E-state index in [0.29, 0.717) is 12.1 Å². The summed E-state index contributed by atoms with van der Waals surface area (Å²) < 4.78 is 0. The summed E-state index contributed by atoms with van der Waals surface area (Å²) in [5.41, 5.74) is 2.70. The number of halogens is 1. The number of nitrogens with zero attached hydrogens (tertiary/aromatic N) is 3. The number of rotatable bonds is 6. The number of benzene rings is 1. The van der Waals surface area contributed by atoms with Gasteiger partial charge in [-0.05, 0) is 25.3 Å². The van der Waals surface area contributed by atoms with Crippen LogP contribution in [0.4, 0.5) is 0 Å². The summed E-state index contributed by atoms with van der Waals surface area (Å²) in [7, 11) is 1.85. The Labute approximate surface area is 209 Å². The van der Waals surface area contributed by atoms with Gasteiger partial charge in [0.1, 0.15) is 0 Å². The van der Waals surface area contributed by atoms with Crippen molar-refractivity contribution >= 4 is 41.3 Å². The zero-order chi connectivity index (χ0) is 21.6. The van der Waals surface area contributed by atoms with Crippen LogP contribution in [0.5, 0.6) is 0 Å². The molecule has 7 heteroatoms. The minimum absolute atomic E-state index is 0. The van der Waals surface area contributed by atoms with Crippen LogP contribution < -0.4 is 10.6 Å². The lowest BCUT2D eigenvalue weighted by molar-refractivity contribution is 0.158. The number of hydrogen-bond acceptors (Lipinski definition) is 4. The van der Waals surface area contributed by atoms with Gasteiger partial charge in [0.2, 0.25) is 0 Å². The molecule has 172 valence electrons. The van der Waals surface area contributed by atoms with Crippen LogP contribution in [0, 0.1) is 0 Å². The van der Waals surface area contributed by atoms with Gasteiger partial charge in [0.15, 0.2) is 5.96 Å². The highest BCUT2D eigenvalue weighted by Crippen LogP contribution is 2.25. The highest BCUT2D eigenvalue weighted by atomic mass is 127. The van der Waals surface area contributed by atoms with Crippen LogP contribution in [0.1, 0.15) is 62.8 Å². The standard InChI is InChI=1S/C24H37N5S.HI/c1-18(19-9-7-6-8-10-19)29-15-12-20(13-16-29)27-23(25-5)26-14-11-22-28-21(17-30-22)24(2,3)4;/h6-10,17-18,20H,11-16H2,1-5H3,(H2,25,26,27);1H. The lowest BCUT2D eigenvalue weighted by atomic mass is 9.93. The number of aliphatic imine (C=N–C) groups is 1. The fraction of sp³-hybridized carbons (Fsp3) is 0.583. The van der Waals surface area contributed by atoms with E-state index in [-0.39, 0.29) is 29.4 Å². The van der Waals surface area contributed by atoms with Gasteiger partial charge in [-0.15, -0.1) is 35.3 Å². The average molecular weight is 556 g/mol. The van der Waals surface area contributed by atoms with Crippen molar-refractivity contribution in [1.82, 2.24) is 20.5 Å². The van der Waals surface area contributed by atoms with Crippen LogP contribution >= 0.6 is 35.3 Å². The molecule has 1 saturated heterocycles. The third-order valence-corrected chi connectivity index (χ3v) is 6.78. The molecule has 1 fully saturated rings. The van der Waals surface area contributed by atoms with E-state index in [1.807, 2.05) is 7.05 Å². The third-order valence-electron chi connectivity index (χ3n) is 5.88. The van der Waals surface area contributed by atoms with Crippen LogP contribution in [0.3, 0.4) is 0 Å². The fourth-order valence-electron chi connectivity index (χ4n) is 3.82. The molecule has 2 N–H and O–H groups in total. The van der Waals surface area contributed by atoms with Gasteiger partial charge in [-0.3, -0.25) is 9.89 Å². The molecule has 0 bridgehead atoms. The van der Waals surface area contributed by atoms with Gasteiger partial charge < -0.3 is 10.6 Å². The molecule has 1 atom stereocenters. The molecular weight excluding hydrogens is 517 g/mol. The van der Waals surface area contributed by atoms with Crippen LogP contribution in [0.25, 0.3) is 0 Å². The van der Waals surface area contributed by atoms with Gasteiger partial charge in [-0.2, -0.15) is 0 Å². The van der Waals surface area contributed by atoms with E-state index in [4.69, 9.17) is 4.98 Å². The molecule has 2 aromatic rings. The van der Waals surface area contributed by atoms with Crippen LogP contribution in [-0.2, 0) is 11.8 Å². The van der Waals surface area contributed by atoms with Crippen LogP contribution in [0.2, 0.25) is 0 Å². The first kappa shape index (κ1) is 26.1. The van der Waals surface area contributed by atoms with Crippen LogP contribution in [0.15, 0.2) is 40.7 Å². The van der Waals surface area contributed by atoms with E-state index in [9.17, 15) is 0 Å². The number of guanidine groups is 1. The summed E-state index contributed by atoms with van der Waals surface area (Å²) in [5.74, 6) is 0.900. The highest BCUT2D eigenvalue weighted by molar-refractivity contribution is 14.0. The SMILES string of the molecule is CN=C(NCCc1nc(C(C)(C)C)cs1)NC1CCN(C(C)c2ccccc2)CC1.I. The normalized spacial score (nSPS) is 17.1. The molecule has 1 aromatic carbocycles. The monoisotopic (exact) mass is 555 g/mol. The van der Waals surface area contributed by atoms with Gasteiger partial charge in [0.25, 0.3) is 0 Å². The fourth-order valence-corrected chi connectivity index (χ4v) is 4.84. The summed E-state index contributed by atoms with van der Waals surface area (Å²) in [6, 6.07) is 11.8. The molecule has 0 spiro atoms. The van der Waals surface area contributed by atoms with Crippen molar-refractivity contribution in [1.29, 1.82) is 0 Å². The molecule has 0 amide bonds. The van der Waals surface area contributed by atoms with Gasteiger partial charge in [0, 0.05) is 56.0 Å². The summed E-state index contributed by atoms with van der Waals surface area (Å²) in [4.78, 5) is 11.8. The Morgan fingerprint density at radius 2 is 1.90 bits per heavy atom. The maximum atomic E-state index is 4.78. The molecule has 0 aliphatic carbocycles. The Bertz CT molecular complexity index is 807. The Balaban J connectivity index is 0.00000341. The summed E-state index contributed by atoms with van der Waals surface area (Å²) >= 11 is 1.76. The minimum Gasteiger partial charge on any atom is -0.356 e. The van der Waals surface area contributed by atoms with Crippen molar-refractivity contribution in [2.75, 3.05) is 26.7 Å². The first-order valence-corrected chi connectivity index (χ1v) is 12.0. The largest absolute Gasteiger partial charge is 0.356 e. The Morgan fingerprint density at radius 3 is 2.48 bits per heavy atom. The van der Waals surface area contributed by atoms with Gasteiger partial charge in [-0.1, -0.05) is 51.1 Å². The van der Waals surface area contributed by atoms with Crippen molar-refractivity contribution in [3.63, 3.8) is 0 Å². The first-order valence-electron chi connectivity index (χ1n) is 11.1. The number of likely N-dealkylation sites (tertiary alicyclic amines) is 1. The first-order chi connectivity index (χ1) is 14.4. The molecule has 1 aromatic heterocycles. The van der Waals surface area contributed by atoms with Gasteiger partial charge in [-0.25, -0.2) is 4.98 Å². The van der Waals surface area contributed by atoms with Crippen LogP contribution in [-0.4, -0.2) is 48.6 Å². The zero-order valence-corrected chi connectivity index (χ0v) is 22.7. The smallest absolute Gasteiger partial charge is 0.191 e. The van der Waals surface area contributed by atoms with Crippen molar-refractivity contribution in [3.8, 4) is 0 Å². The average Bonchev–Trinajstić information content (AvgIpc) is 3.23. The third kappa shape index (κ3) is 7.71. The number of aromatic nitrogens is 1. The van der Waals surface area contributed by atoms with E-state index in [2.05, 4.69) is 83.9 Å². The summed E-state index contributed by atoms with van der Waals surface area (Å²) in [6.45, 7) is 12.0. The van der Waals surface area contributed by atoms with Crippen molar-refractivity contribution in [2.24, 2.45) is 4.99 Å². The second-order valence-corrected chi connectivity index (χ2v) is 10.1. The maximum absolute atomic E-state index is 4.78. The summed E-state index contributed by atoms with van der Waals surface area (Å²) in [6.07, 6.45) is 3.20. The molecule has 2 heterocycles. The van der Waals surface area contributed by atoms with Crippen molar-refractivity contribution in [2.45, 2.75) is 64.5 Å². The van der Waals surface area contributed by atoms with Crippen molar-refractivity contribution in [3.05, 3.63) is 52.0 Å². The molecule has 0 saturated carbocycles. The number of nitrogens with one attached hydrogen (secondary N) is 2. The molecule has 0 radical (unpaired) electrons. The number of hydrogen-bond donors (Lipinski definition) is 2. The second kappa shape index (κ2) is 12.2. The lowest BCUT2D eigenvalue weighted by Crippen LogP contribution is -2.49. The molecule has 3 rings (SSSR count). The molecule has 1 unspecified atom stereocenters. The van der Waals surface area contributed by atoms with Crippen molar-refractivity contribution < 1.29 is 0 Å². The van der Waals surface area contributed by atoms with E-state index < -0.39 is 0 Å². The quantitative estimate of drug-likeness (QED) is 0.300. The topological polar surface area (TPSA) is 52.6 Å². The molecule has 5 nitrogen and oxygen atoms in total. The molecule has 1 aliphatic rings. The lowest BCUT2D eigenvalue weighted by Gasteiger charge is -2.37. The molecule has 31 heavy (non-hydrogen) atoms. The highest BCUT2D eigenvalue weighted by Gasteiger charge is 2.24. The Hall–Kier alpha value is -1.19. The van der Waals surface area contributed by atoms with E-state index in [1.165, 1.54) is 16.3 Å². The zero-order valence-electron chi connectivity index (χ0n) is 19.5. The van der Waals surface area contributed by atoms with E-state index in [1.54, 1.807) is 11.3 Å². The summed E-state index contributed by atoms with van der Waals surface area (Å²) in [5, 5.41) is 10.5. The predicted molar refractivity (Wildman–Crippen MR) is 144 cm³/mol. The Morgan fingerprint density at radius 1 is 1.23 bits per heavy atom. The Kier molecular flexibility index (Phi) is 10.2. The molecule has 1 aliphatic heterocycles. The predicted octanol–water partition coefficient (Wildman–Crippen LogP) is 4.99. The number of piperidine rings is 1. The second-order valence-electron chi connectivity index (χ2n) is 9.17. The van der Waals surface area contributed by atoms with Gasteiger partial charge >= 0.3 is 0 Å².